The summed E-state index contributed by atoms with van der Waals surface area (Å²) in [5.74, 6) is -0.850. The molecule has 238 valence electrons. The number of hydrogen-bond donors (Lipinski definition) is 3. The van der Waals surface area contributed by atoms with E-state index < -0.39 is 65.1 Å². The number of aryl methyl sites for hydroxylation is 1. The van der Waals surface area contributed by atoms with Crippen LogP contribution in [-0.2, 0) is 36.3 Å². The minimum Gasteiger partial charge on any atom is -0.496 e. The highest BCUT2D eigenvalue weighted by Gasteiger charge is 2.50. The molecular weight excluding hydrogens is 611 g/mol. The smallest absolute Gasteiger partial charge is 0.433 e. The molecule has 1 aromatic heterocycles. The van der Waals surface area contributed by atoms with Gasteiger partial charge in [-0.3, -0.25) is 4.79 Å². The zero-order chi connectivity index (χ0) is 32.7. The zero-order valence-electron chi connectivity index (χ0n) is 22.8. The number of ether oxygens (including phenoxy) is 1. The molecule has 6 nitrogen and oxygen atoms in total. The number of hydrogen-bond acceptors (Lipinski definition) is 5. The summed E-state index contributed by atoms with van der Waals surface area (Å²) in [6.07, 6.45) is -17.0. The maximum Gasteiger partial charge on any atom is 0.433 e. The quantitative estimate of drug-likeness (QED) is 0.204. The van der Waals surface area contributed by atoms with Crippen LogP contribution in [0.5, 0.6) is 5.75 Å². The van der Waals surface area contributed by atoms with E-state index in [-0.39, 0.29) is 54.3 Å². The highest BCUT2D eigenvalue weighted by atomic mass is 19.4. The van der Waals surface area contributed by atoms with Gasteiger partial charge in [-0.15, -0.1) is 0 Å². The molecule has 1 unspecified atom stereocenters. The van der Waals surface area contributed by atoms with Gasteiger partial charge in [0.1, 0.15) is 11.4 Å². The molecule has 15 heteroatoms. The van der Waals surface area contributed by atoms with E-state index in [2.05, 4.69) is 10.3 Å². The van der Waals surface area contributed by atoms with Crippen molar-refractivity contribution >= 4 is 5.97 Å². The minimum atomic E-state index is -5.14. The lowest BCUT2D eigenvalue weighted by Crippen LogP contribution is -2.37. The predicted octanol–water partition coefficient (Wildman–Crippen LogP) is 7.19. The fraction of sp³-hybridized carbons (Fsp3) is 0.379. The van der Waals surface area contributed by atoms with Crippen LogP contribution in [0.3, 0.4) is 0 Å². The predicted molar refractivity (Wildman–Crippen MR) is 137 cm³/mol. The van der Waals surface area contributed by atoms with E-state index in [0.717, 1.165) is 12.1 Å². The van der Waals surface area contributed by atoms with Crippen LogP contribution in [-0.4, -0.2) is 33.8 Å². The van der Waals surface area contributed by atoms with Crippen LogP contribution in [0.1, 0.15) is 59.0 Å². The molecule has 0 aliphatic heterocycles. The Morgan fingerprint density at radius 2 is 1.52 bits per heavy atom. The maximum atomic E-state index is 13.6. The van der Waals surface area contributed by atoms with Crippen molar-refractivity contribution < 1.29 is 59.3 Å². The number of aliphatic hydroxyl groups excluding tert-OH is 1. The van der Waals surface area contributed by atoms with E-state index in [4.69, 9.17) is 9.84 Å². The highest BCUT2D eigenvalue weighted by Crippen LogP contribution is 2.48. The largest absolute Gasteiger partial charge is 0.496 e. The third kappa shape index (κ3) is 7.44. The Bertz CT molecular complexity index is 1500. The molecule has 0 radical (unpaired) electrons. The van der Waals surface area contributed by atoms with Crippen molar-refractivity contribution in [3.8, 4) is 16.9 Å². The van der Waals surface area contributed by atoms with Gasteiger partial charge in [0, 0.05) is 29.6 Å². The maximum absolute atomic E-state index is 13.6. The molecule has 1 aliphatic rings. The zero-order valence-corrected chi connectivity index (χ0v) is 22.8. The fourth-order valence-corrected chi connectivity index (χ4v) is 4.81. The molecule has 44 heavy (non-hydrogen) atoms. The summed E-state index contributed by atoms with van der Waals surface area (Å²) in [6.45, 7) is -0.468. The average molecular weight is 637 g/mol. The van der Waals surface area contributed by atoms with Crippen molar-refractivity contribution in [1.82, 2.24) is 10.3 Å². The van der Waals surface area contributed by atoms with Crippen LogP contribution in [0, 0.1) is 0 Å². The molecular formula is C29H25F9N2O4. The summed E-state index contributed by atoms with van der Waals surface area (Å²) < 4.78 is 127. The summed E-state index contributed by atoms with van der Waals surface area (Å²) in [4.78, 5) is 14.8. The third-order valence-corrected chi connectivity index (χ3v) is 7.29. The lowest BCUT2D eigenvalue weighted by molar-refractivity contribution is -0.143. The van der Waals surface area contributed by atoms with Gasteiger partial charge in [0.2, 0.25) is 0 Å². The van der Waals surface area contributed by atoms with Gasteiger partial charge >= 0.3 is 24.5 Å². The molecule has 0 saturated heterocycles. The topological polar surface area (TPSA) is 91.7 Å². The first-order valence-electron chi connectivity index (χ1n) is 13.0. The van der Waals surface area contributed by atoms with Gasteiger partial charge in [0.05, 0.1) is 30.0 Å². The number of pyridine rings is 1. The number of nitrogens with one attached hydrogen (secondary N) is 1. The molecule has 1 fully saturated rings. The molecule has 3 N–H and O–H groups in total. The Morgan fingerprint density at radius 1 is 0.909 bits per heavy atom. The van der Waals surface area contributed by atoms with Crippen LogP contribution in [0.15, 0.2) is 48.5 Å². The molecule has 4 rings (SSSR count). The first kappa shape index (κ1) is 33.1. The highest BCUT2D eigenvalue weighted by molar-refractivity contribution is 5.74. The van der Waals surface area contributed by atoms with Crippen molar-refractivity contribution in [3.63, 3.8) is 0 Å². The van der Waals surface area contributed by atoms with Gasteiger partial charge in [-0.1, -0.05) is 12.1 Å². The Labute approximate surface area is 244 Å². The summed E-state index contributed by atoms with van der Waals surface area (Å²) in [6, 6.07) is 7.21. The van der Waals surface area contributed by atoms with Crippen LogP contribution in [0.4, 0.5) is 39.5 Å². The first-order chi connectivity index (χ1) is 20.3. The van der Waals surface area contributed by atoms with Crippen molar-refractivity contribution in [1.29, 1.82) is 0 Å². The molecule has 0 spiro atoms. The number of aliphatic carboxylic acids is 1. The van der Waals surface area contributed by atoms with Gasteiger partial charge in [-0.25, -0.2) is 4.98 Å². The monoisotopic (exact) mass is 636 g/mol. The van der Waals surface area contributed by atoms with Crippen LogP contribution < -0.4 is 10.1 Å². The molecule has 1 saturated carbocycles. The molecule has 3 aromatic rings. The van der Waals surface area contributed by atoms with Gasteiger partial charge in [0.15, 0.2) is 0 Å². The van der Waals surface area contributed by atoms with Crippen molar-refractivity contribution in [3.05, 3.63) is 82.2 Å². The number of alkyl halides is 9. The summed E-state index contributed by atoms with van der Waals surface area (Å²) in [5.41, 5.74) is -5.88. The van der Waals surface area contributed by atoms with Gasteiger partial charge in [-0.2, -0.15) is 39.5 Å². The number of carboxylic acid groups (broad SMARTS) is 1. The number of halogens is 9. The van der Waals surface area contributed by atoms with Crippen molar-refractivity contribution in [2.24, 2.45) is 0 Å². The second-order valence-electron chi connectivity index (χ2n) is 10.4. The first-order valence-corrected chi connectivity index (χ1v) is 13.0. The Balaban J connectivity index is 1.72. The Hall–Kier alpha value is -3.85. The summed E-state index contributed by atoms with van der Waals surface area (Å²) in [7, 11) is 1.31. The molecule has 1 heterocycles. The van der Waals surface area contributed by atoms with Crippen molar-refractivity contribution in [2.75, 3.05) is 7.11 Å². The van der Waals surface area contributed by atoms with Crippen LogP contribution >= 0.6 is 0 Å². The lowest BCUT2D eigenvalue weighted by atomic mass is 9.95. The van der Waals surface area contributed by atoms with Gasteiger partial charge in [-0.05, 0) is 66.8 Å². The summed E-state index contributed by atoms with van der Waals surface area (Å²) >= 11 is 0. The molecule has 0 bridgehead atoms. The van der Waals surface area contributed by atoms with Crippen LogP contribution in [0.2, 0.25) is 0 Å². The summed E-state index contributed by atoms with van der Waals surface area (Å²) in [5, 5.41) is 22.8. The molecule has 2 aromatic carbocycles. The second kappa shape index (κ2) is 11.9. The number of aliphatic hydroxyl groups is 1. The average Bonchev–Trinajstić information content (AvgIpc) is 3.73. The molecule has 1 atom stereocenters. The normalized spacial score (nSPS) is 15.6. The number of carbonyl (C=O) groups is 1. The standard InChI is InChI=1S/C29H25F9N2O4/c1-44-22-5-2-15(3-7-24(41)42)10-20(22)19-4-6-23(29(36,37)38)40-21(19)14-39-26(8-9-26)25(43)16-11-17(27(30,31)32)13-18(12-16)28(33,34)35/h2,4-6,10-13,25,39,43H,3,7-9,14H2,1H3,(H,41,42). The second-order valence-corrected chi connectivity index (χ2v) is 10.4. The Kier molecular flexibility index (Phi) is 8.95. The van der Waals surface area contributed by atoms with Crippen molar-refractivity contribution in [2.45, 2.75) is 62.4 Å². The molecule has 1 aliphatic carbocycles. The number of aromatic nitrogens is 1. The SMILES string of the molecule is COc1ccc(CCC(=O)O)cc1-c1ccc(C(F)(F)F)nc1CNC1(C(O)c2cc(C(F)(F)F)cc(C(F)(F)F)c2)CC1. The van der Waals surface area contributed by atoms with Gasteiger partial charge in [0.25, 0.3) is 0 Å². The van der Waals surface area contributed by atoms with E-state index in [1.54, 1.807) is 6.07 Å². The Morgan fingerprint density at radius 3 is 2.02 bits per heavy atom. The fourth-order valence-electron chi connectivity index (χ4n) is 4.81. The van der Waals surface area contributed by atoms with Gasteiger partial charge < -0.3 is 20.3 Å². The third-order valence-electron chi connectivity index (χ3n) is 7.29. The van der Waals surface area contributed by atoms with E-state index in [1.807, 2.05) is 0 Å². The van der Waals surface area contributed by atoms with Crippen LogP contribution in [0.25, 0.3) is 11.1 Å². The number of carboxylic acids is 1. The number of methoxy groups -OCH3 is 1. The minimum absolute atomic E-state index is 0.0694. The van der Waals surface area contributed by atoms with E-state index in [9.17, 15) is 49.4 Å². The number of nitrogens with zero attached hydrogens (tertiary/aromatic N) is 1. The van der Waals surface area contributed by atoms with E-state index in [0.29, 0.717) is 17.7 Å². The number of rotatable bonds is 10. The molecule has 0 amide bonds. The van der Waals surface area contributed by atoms with E-state index in [1.165, 1.54) is 19.2 Å². The number of benzene rings is 2. The lowest BCUT2D eigenvalue weighted by Gasteiger charge is -2.26. The van der Waals surface area contributed by atoms with E-state index >= 15 is 0 Å².